The van der Waals surface area contributed by atoms with Crippen molar-refractivity contribution in [3.8, 4) is 0 Å². The number of hydrogen-bond donors (Lipinski definition) is 3. The predicted molar refractivity (Wildman–Crippen MR) is 117 cm³/mol. The van der Waals surface area contributed by atoms with Crippen LogP contribution in [0.5, 0.6) is 0 Å². The van der Waals surface area contributed by atoms with Crippen molar-refractivity contribution in [2.24, 2.45) is 5.92 Å². The van der Waals surface area contributed by atoms with E-state index in [4.69, 9.17) is 5.21 Å². The van der Waals surface area contributed by atoms with Crippen LogP contribution in [0.4, 0.5) is 0 Å². The summed E-state index contributed by atoms with van der Waals surface area (Å²) in [6, 6.07) is 13.9. The van der Waals surface area contributed by atoms with Crippen LogP contribution in [0.1, 0.15) is 50.4 Å². The predicted octanol–water partition coefficient (Wildman–Crippen LogP) is 3.16. The summed E-state index contributed by atoms with van der Waals surface area (Å²) >= 11 is 0. The van der Waals surface area contributed by atoms with Crippen LogP contribution < -0.4 is 10.8 Å². The van der Waals surface area contributed by atoms with Crippen LogP contribution >= 0.6 is 0 Å². The van der Waals surface area contributed by atoms with Crippen molar-refractivity contribution in [2.75, 3.05) is 0 Å². The Bertz CT molecular complexity index is 1030. The highest BCUT2D eigenvalue weighted by Crippen LogP contribution is 2.22. The van der Waals surface area contributed by atoms with E-state index in [1.54, 1.807) is 16.4 Å². The van der Waals surface area contributed by atoms with Crippen LogP contribution in [0, 0.1) is 5.92 Å². The molecule has 0 aliphatic heterocycles. The molecular formula is C23H29N5O3. The van der Waals surface area contributed by atoms with Gasteiger partial charge in [-0.05, 0) is 35.6 Å². The van der Waals surface area contributed by atoms with Gasteiger partial charge in [0.25, 0.3) is 0 Å². The summed E-state index contributed by atoms with van der Waals surface area (Å²) in [4.78, 5) is 24.1. The largest absolute Gasteiger partial charge is 0.350 e. The smallest absolute Gasteiger partial charge is 0.245 e. The molecule has 0 saturated heterocycles. The van der Waals surface area contributed by atoms with E-state index in [9.17, 15) is 9.59 Å². The van der Waals surface area contributed by atoms with Crippen molar-refractivity contribution in [1.29, 1.82) is 0 Å². The fourth-order valence-electron chi connectivity index (χ4n) is 3.71. The van der Waals surface area contributed by atoms with Crippen molar-refractivity contribution in [2.45, 2.75) is 52.1 Å². The van der Waals surface area contributed by atoms with Gasteiger partial charge in [0.15, 0.2) is 0 Å². The summed E-state index contributed by atoms with van der Waals surface area (Å²) in [5.41, 5.74) is 3.36. The van der Waals surface area contributed by atoms with E-state index in [2.05, 4.69) is 27.8 Å². The lowest BCUT2D eigenvalue weighted by Gasteiger charge is -2.16. The quantitative estimate of drug-likeness (QED) is 0.343. The molecule has 164 valence electrons. The molecule has 3 N–H and O–H groups in total. The molecule has 0 bridgehead atoms. The van der Waals surface area contributed by atoms with E-state index >= 15 is 0 Å². The van der Waals surface area contributed by atoms with E-state index < -0.39 is 5.91 Å². The number of benzene rings is 2. The van der Waals surface area contributed by atoms with Gasteiger partial charge in [-0.25, -0.2) is 10.2 Å². The van der Waals surface area contributed by atoms with Crippen LogP contribution in [0.25, 0.3) is 10.8 Å². The summed E-state index contributed by atoms with van der Waals surface area (Å²) in [5.74, 6) is -0.499. The molecule has 0 radical (unpaired) electrons. The van der Waals surface area contributed by atoms with Gasteiger partial charge in [0, 0.05) is 5.92 Å². The van der Waals surface area contributed by atoms with Gasteiger partial charge >= 0.3 is 0 Å². The van der Waals surface area contributed by atoms with Gasteiger partial charge in [-0.3, -0.25) is 14.8 Å². The van der Waals surface area contributed by atoms with Crippen molar-refractivity contribution in [3.63, 3.8) is 0 Å². The molecule has 2 aromatic carbocycles. The SMILES string of the molecule is CCC(CC)C(=O)NCc1cn(C(CC(=O)NO)Cc2ccc3ccccc3c2)nn1. The highest BCUT2D eigenvalue weighted by Gasteiger charge is 2.19. The Morgan fingerprint density at radius 1 is 1.10 bits per heavy atom. The van der Waals surface area contributed by atoms with Crippen LogP contribution in [0.15, 0.2) is 48.7 Å². The lowest BCUT2D eigenvalue weighted by Crippen LogP contribution is -2.29. The van der Waals surface area contributed by atoms with Gasteiger partial charge < -0.3 is 5.32 Å². The Balaban J connectivity index is 1.74. The first-order chi connectivity index (χ1) is 15.0. The number of fused-ring (bicyclic) bond motifs is 1. The Hall–Kier alpha value is -3.26. The monoisotopic (exact) mass is 423 g/mol. The molecule has 1 unspecified atom stereocenters. The average molecular weight is 424 g/mol. The molecule has 0 fully saturated rings. The molecular weight excluding hydrogens is 394 g/mol. The first kappa shape index (κ1) is 22.4. The molecule has 1 atom stereocenters. The minimum Gasteiger partial charge on any atom is -0.350 e. The maximum Gasteiger partial charge on any atom is 0.245 e. The second kappa shape index (κ2) is 10.7. The van der Waals surface area contributed by atoms with Gasteiger partial charge in [0.05, 0.1) is 25.2 Å². The van der Waals surface area contributed by atoms with Crippen molar-refractivity contribution < 1.29 is 14.8 Å². The number of amides is 2. The summed E-state index contributed by atoms with van der Waals surface area (Å²) < 4.78 is 1.63. The van der Waals surface area contributed by atoms with Gasteiger partial charge in [0.1, 0.15) is 5.69 Å². The number of carbonyl (C=O) groups excluding carboxylic acids is 2. The van der Waals surface area contributed by atoms with Crippen LogP contribution in [0.2, 0.25) is 0 Å². The van der Waals surface area contributed by atoms with Crippen LogP contribution in [-0.4, -0.2) is 32.0 Å². The molecule has 1 aromatic heterocycles. The Kier molecular flexibility index (Phi) is 7.72. The third-order valence-corrected chi connectivity index (χ3v) is 5.56. The van der Waals surface area contributed by atoms with Crippen molar-refractivity contribution in [1.82, 2.24) is 25.8 Å². The molecule has 2 amide bonds. The number of nitrogens with zero attached hydrogens (tertiary/aromatic N) is 3. The first-order valence-electron chi connectivity index (χ1n) is 10.6. The normalized spacial score (nSPS) is 12.1. The molecule has 3 aromatic rings. The van der Waals surface area contributed by atoms with Crippen molar-refractivity contribution in [3.05, 3.63) is 59.9 Å². The first-order valence-corrected chi connectivity index (χ1v) is 10.6. The van der Waals surface area contributed by atoms with Gasteiger partial charge in [0.2, 0.25) is 11.8 Å². The third kappa shape index (κ3) is 5.88. The highest BCUT2D eigenvalue weighted by atomic mass is 16.5. The Labute approximate surface area is 181 Å². The minimum atomic E-state index is -0.495. The maximum absolute atomic E-state index is 12.2. The number of nitrogens with one attached hydrogen (secondary N) is 2. The number of aromatic nitrogens is 3. The topological polar surface area (TPSA) is 109 Å². The van der Waals surface area contributed by atoms with Crippen LogP contribution in [-0.2, 0) is 22.6 Å². The second-order valence-corrected chi connectivity index (χ2v) is 7.70. The maximum atomic E-state index is 12.2. The molecule has 8 nitrogen and oxygen atoms in total. The summed E-state index contributed by atoms with van der Waals surface area (Å²) in [7, 11) is 0. The fourth-order valence-corrected chi connectivity index (χ4v) is 3.71. The van der Waals surface area contributed by atoms with E-state index in [0.29, 0.717) is 12.1 Å². The molecule has 0 aliphatic carbocycles. The molecule has 8 heteroatoms. The average Bonchev–Trinajstić information content (AvgIpc) is 3.27. The summed E-state index contributed by atoms with van der Waals surface area (Å²) in [6.07, 6.45) is 3.91. The van der Waals surface area contributed by atoms with Crippen LogP contribution in [0.3, 0.4) is 0 Å². The number of hydrogen-bond acceptors (Lipinski definition) is 5. The van der Waals surface area contributed by atoms with E-state index in [0.717, 1.165) is 29.2 Å². The lowest BCUT2D eigenvalue weighted by atomic mass is 10.00. The number of rotatable bonds is 10. The lowest BCUT2D eigenvalue weighted by molar-refractivity contribution is -0.130. The molecule has 0 spiro atoms. The van der Waals surface area contributed by atoms with E-state index in [-0.39, 0.29) is 30.8 Å². The molecule has 0 aliphatic rings. The van der Waals surface area contributed by atoms with Gasteiger partial charge in [-0.2, -0.15) is 0 Å². The second-order valence-electron chi connectivity index (χ2n) is 7.70. The molecule has 31 heavy (non-hydrogen) atoms. The molecule has 1 heterocycles. The number of hydroxylamine groups is 1. The van der Waals surface area contributed by atoms with E-state index in [1.807, 2.05) is 44.2 Å². The van der Waals surface area contributed by atoms with Crippen molar-refractivity contribution >= 4 is 22.6 Å². The third-order valence-electron chi connectivity index (χ3n) is 5.56. The fraction of sp³-hybridized carbons (Fsp3) is 0.391. The zero-order chi connectivity index (χ0) is 22.2. The summed E-state index contributed by atoms with van der Waals surface area (Å²) in [5, 5.41) is 22.5. The van der Waals surface area contributed by atoms with E-state index in [1.165, 1.54) is 0 Å². The minimum absolute atomic E-state index is 0.00641. The van der Waals surface area contributed by atoms with Gasteiger partial charge in [-0.1, -0.05) is 61.5 Å². The molecule has 0 saturated carbocycles. The Morgan fingerprint density at radius 2 is 1.84 bits per heavy atom. The Morgan fingerprint density at radius 3 is 2.55 bits per heavy atom. The molecule has 3 rings (SSSR count). The summed E-state index contributed by atoms with van der Waals surface area (Å²) in [6.45, 7) is 4.27. The standard InChI is InChI=1S/C23H29N5O3/c1-3-17(4-2)23(30)24-14-20-15-28(27-25-20)21(13-22(29)26-31)12-16-9-10-18-7-5-6-8-19(18)11-16/h5-11,15,17,21,31H,3-4,12-14H2,1-2H3,(H,24,30)(H,26,29). The van der Waals surface area contributed by atoms with Gasteiger partial charge in [-0.15, -0.1) is 5.10 Å². The highest BCUT2D eigenvalue weighted by molar-refractivity contribution is 5.83. The zero-order valence-electron chi connectivity index (χ0n) is 17.9. The number of carbonyl (C=O) groups is 2. The zero-order valence-corrected chi connectivity index (χ0v) is 17.9.